The predicted molar refractivity (Wildman–Crippen MR) is 162 cm³/mol. The highest BCUT2D eigenvalue weighted by Gasteiger charge is 2.32. The number of halogens is 1. The predicted octanol–water partition coefficient (Wildman–Crippen LogP) is 7.93. The standard InChI is InChI=1S/C31H34BrN3O3S/c1-18-11-24(32)25(12-19(18)2)35-29(36)17-38-26-10-7-20(13-27(26)37-6)16-34-30-23(15-33)22-9-8-21(31(3,4)5)14-28(22)39-30/h7,10-13,16,21H,8-9,14,17H2,1-6H3,(H,35,36)/t21-/m0/s1. The van der Waals surface area contributed by atoms with E-state index in [2.05, 4.69) is 48.1 Å². The fraction of sp³-hybridized carbons (Fsp3) is 0.387. The van der Waals surface area contributed by atoms with Crippen LogP contribution in [0.5, 0.6) is 11.5 Å². The van der Waals surface area contributed by atoms with Crippen molar-refractivity contribution in [3.8, 4) is 17.6 Å². The van der Waals surface area contributed by atoms with Crippen molar-refractivity contribution in [3.05, 3.63) is 67.5 Å². The molecular formula is C31H34BrN3O3S. The number of hydrogen-bond acceptors (Lipinski definition) is 6. The fourth-order valence-electron chi connectivity index (χ4n) is 4.74. The minimum absolute atomic E-state index is 0.162. The number of rotatable bonds is 7. The molecule has 1 aromatic heterocycles. The number of hydrogen-bond donors (Lipinski definition) is 1. The van der Waals surface area contributed by atoms with Crippen molar-refractivity contribution >= 4 is 50.1 Å². The number of amides is 1. The third kappa shape index (κ3) is 6.71. The summed E-state index contributed by atoms with van der Waals surface area (Å²) < 4.78 is 12.1. The van der Waals surface area contributed by atoms with Crippen LogP contribution in [0.15, 0.2) is 39.8 Å². The van der Waals surface area contributed by atoms with Crippen LogP contribution in [0.1, 0.15) is 59.9 Å². The number of anilines is 1. The first-order valence-corrected chi connectivity index (χ1v) is 14.6. The van der Waals surface area contributed by atoms with E-state index >= 15 is 0 Å². The van der Waals surface area contributed by atoms with Gasteiger partial charge in [-0.05, 0) is 113 Å². The van der Waals surface area contributed by atoms with Crippen molar-refractivity contribution in [1.29, 1.82) is 5.26 Å². The van der Waals surface area contributed by atoms with Crippen LogP contribution in [0.4, 0.5) is 10.7 Å². The van der Waals surface area contributed by atoms with E-state index in [1.54, 1.807) is 30.7 Å². The fourth-order valence-corrected chi connectivity index (χ4v) is 6.52. The molecule has 0 bridgehead atoms. The summed E-state index contributed by atoms with van der Waals surface area (Å²) in [6.45, 7) is 10.7. The quantitative estimate of drug-likeness (QED) is 0.276. The third-order valence-electron chi connectivity index (χ3n) is 7.32. The van der Waals surface area contributed by atoms with Gasteiger partial charge in [0.1, 0.15) is 11.1 Å². The van der Waals surface area contributed by atoms with Crippen molar-refractivity contribution < 1.29 is 14.3 Å². The third-order valence-corrected chi connectivity index (χ3v) is 9.14. The van der Waals surface area contributed by atoms with Crippen molar-refractivity contribution in [2.75, 3.05) is 19.0 Å². The van der Waals surface area contributed by atoms with E-state index in [-0.39, 0.29) is 17.9 Å². The van der Waals surface area contributed by atoms with E-state index in [4.69, 9.17) is 14.5 Å². The molecule has 1 N–H and O–H groups in total. The number of fused-ring (bicyclic) bond motifs is 1. The molecule has 0 spiro atoms. The van der Waals surface area contributed by atoms with Gasteiger partial charge in [-0.15, -0.1) is 11.3 Å². The molecule has 1 amide bonds. The van der Waals surface area contributed by atoms with Crippen LogP contribution in [0.3, 0.4) is 0 Å². The summed E-state index contributed by atoms with van der Waals surface area (Å²) in [5, 5.41) is 13.5. The molecule has 8 heteroatoms. The van der Waals surface area contributed by atoms with E-state index in [0.29, 0.717) is 28.7 Å². The lowest BCUT2D eigenvalue weighted by atomic mass is 9.72. The van der Waals surface area contributed by atoms with Crippen LogP contribution in [0.25, 0.3) is 0 Å². The number of carbonyl (C=O) groups is 1. The highest BCUT2D eigenvalue weighted by atomic mass is 79.9. The Morgan fingerprint density at radius 2 is 1.97 bits per heavy atom. The van der Waals surface area contributed by atoms with Gasteiger partial charge in [-0.1, -0.05) is 20.8 Å². The van der Waals surface area contributed by atoms with Gasteiger partial charge >= 0.3 is 0 Å². The maximum Gasteiger partial charge on any atom is 0.262 e. The number of aryl methyl sites for hydroxylation is 2. The Kier molecular flexibility index (Phi) is 8.83. The average molecular weight is 609 g/mol. The summed E-state index contributed by atoms with van der Waals surface area (Å²) in [7, 11) is 1.56. The van der Waals surface area contributed by atoms with Gasteiger partial charge in [-0.2, -0.15) is 5.26 Å². The number of methoxy groups -OCH3 is 1. The van der Waals surface area contributed by atoms with Crippen LogP contribution in [0.2, 0.25) is 0 Å². The van der Waals surface area contributed by atoms with Gasteiger partial charge in [0.05, 0.1) is 18.4 Å². The van der Waals surface area contributed by atoms with Gasteiger partial charge in [0.15, 0.2) is 18.1 Å². The first kappa shape index (κ1) is 28.8. The number of nitrogens with one attached hydrogen (secondary N) is 1. The SMILES string of the molecule is COc1cc(C=Nc2sc3c(c2C#N)CC[C@H](C(C)(C)C)C3)ccc1OCC(=O)Nc1cc(C)c(C)cc1Br. The lowest BCUT2D eigenvalue weighted by Gasteiger charge is -2.33. The molecule has 6 nitrogen and oxygen atoms in total. The molecule has 1 aliphatic rings. The Morgan fingerprint density at radius 3 is 2.67 bits per heavy atom. The minimum Gasteiger partial charge on any atom is -0.493 e. The summed E-state index contributed by atoms with van der Waals surface area (Å²) >= 11 is 5.13. The number of nitrogens with zero attached hydrogens (tertiary/aromatic N) is 2. The van der Waals surface area contributed by atoms with Gasteiger partial charge in [0, 0.05) is 15.6 Å². The minimum atomic E-state index is -0.272. The average Bonchev–Trinajstić information content (AvgIpc) is 3.25. The van der Waals surface area contributed by atoms with Crippen molar-refractivity contribution in [3.63, 3.8) is 0 Å². The molecule has 0 fully saturated rings. The lowest BCUT2D eigenvalue weighted by Crippen LogP contribution is -2.26. The Hall–Kier alpha value is -3.15. The maximum atomic E-state index is 12.5. The largest absolute Gasteiger partial charge is 0.493 e. The molecule has 0 saturated carbocycles. The second-order valence-corrected chi connectivity index (χ2v) is 13.0. The van der Waals surface area contributed by atoms with Gasteiger partial charge in [0.25, 0.3) is 5.91 Å². The van der Waals surface area contributed by atoms with Gasteiger partial charge in [0.2, 0.25) is 0 Å². The summed E-state index contributed by atoms with van der Waals surface area (Å²) in [6, 6.07) is 11.7. The Balaban J connectivity index is 1.45. The van der Waals surface area contributed by atoms with E-state index in [0.717, 1.165) is 45.4 Å². The second-order valence-electron chi connectivity index (χ2n) is 11.0. The van der Waals surface area contributed by atoms with Crippen LogP contribution in [-0.2, 0) is 17.6 Å². The molecule has 39 heavy (non-hydrogen) atoms. The number of carbonyl (C=O) groups excluding carboxylic acids is 1. The molecule has 3 aromatic rings. The molecule has 204 valence electrons. The summed E-state index contributed by atoms with van der Waals surface area (Å²) in [4.78, 5) is 18.5. The van der Waals surface area contributed by atoms with Crippen LogP contribution >= 0.6 is 27.3 Å². The first-order chi connectivity index (χ1) is 18.5. The zero-order valence-electron chi connectivity index (χ0n) is 23.3. The van der Waals surface area contributed by atoms with Crippen molar-refractivity contribution in [1.82, 2.24) is 0 Å². The van der Waals surface area contributed by atoms with Crippen LogP contribution < -0.4 is 14.8 Å². The topological polar surface area (TPSA) is 83.7 Å². The molecular weight excluding hydrogens is 574 g/mol. The highest BCUT2D eigenvalue weighted by molar-refractivity contribution is 9.10. The zero-order valence-corrected chi connectivity index (χ0v) is 25.7. The van der Waals surface area contributed by atoms with E-state index in [9.17, 15) is 10.1 Å². The first-order valence-electron chi connectivity index (χ1n) is 13.0. The van der Waals surface area contributed by atoms with Gasteiger partial charge < -0.3 is 14.8 Å². The number of ether oxygens (including phenoxy) is 2. The maximum absolute atomic E-state index is 12.5. The van der Waals surface area contributed by atoms with E-state index < -0.39 is 0 Å². The Bertz CT molecular complexity index is 1460. The molecule has 4 rings (SSSR count). The van der Waals surface area contributed by atoms with Gasteiger partial charge in [-0.3, -0.25) is 4.79 Å². The highest BCUT2D eigenvalue weighted by Crippen LogP contribution is 2.45. The summed E-state index contributed by atoms with van der Waals surface area (Å²) in [6.07, 6.45) is 4.78. The molecule has 0 radical (unpaired) electrons. The smallest absolute Gasteiger partial charge is 0.262 e. The normalized spacial score (nSPS) is 15.1. The van der Waals surface area contributed by atoms with Crippen LogP contribution in [0, 0.1) is 36.5 Å². The number of nitriles is 1. The van der Waals surface area contributed by atoms with E-state index in [1.165, 1.54) is 10.4 Å². The Labute approximate surface area is 243 Å². The molecule has 2 aromatic carbocycles. The summed E-state index contributed by atoms with van der Waals surface area (Å²) in [5.41, 5.74) is 5.86. The molecule has 1 aliphatic carbocycles. The number of benzene rings is 2. The number of thiophene rings is 1. The van der Waals surface area contributed by atoms with Crippen molar-refractivity contribution in [2.24, 2.45) is 16.3 Å². The summed E-state index contributed by atoms with van der Waals surface area (Å²) in [5.74, 6) is 1.29. The molecule has 0 aliphatic heterocycles. The molecule has 0 unspecified atom stereocenters. The zero-order chi connectivity index (χ0) is 28.3. The van der Waals surface area contributed by atoms with Crippen LogP contribution in [-0.4, -0.2) is 25.8 Å². The molecule has 1 heterocycles. The van der Waals surface area contributed by atoms with Gasteiger partial charge in [-0.25, -0.2) is 4.99 Å². The lowest BCUT2D eigenvalue weighted by molar-refractivity contribution is -0.118. The Morgan fingerprint density at radius 1 is 1.23 bits per heavy atom. The molecule has 0 saturated heterocycles. The molecule has 1 atom stereocenters. The monoisotopic (exact) mass is 607 g/mol. The number of aliphatic imine (C=N–C) groups is 1. The van der Waals surface area contributed by atoms with Crippen molar-refractivity contribution in [2.45, 2.75) is 53.9 Å². The second kappa shape index (κ2) is 11.9. The van der Waals surface area contributed by atoms with E-state index in [1.807, 2.05) is 38.1 Å².